The summed E-state index contributed by atoms with van der Waals surface area (Å²) < 4.78 is 27.8. The molecule has 0 saturated heterocycles. The quantitative estimate of drug-likeness (QED) is 0.642. The Balaban J connectivity index is 1.77. The summed E-state index contributed by atoms with van der Waals surface area (Å²) in [7, 11) is 0. The van der Waals surface area contributed by atoms with Crippen molar-refractivity contribution in [3.05, 3.63) is 56.2 Å². The molecule has 7 nitrogen and oxygen atoms in total. The highest BCUT2D eigenvalue weighted by Gasteiger charge is 2.29. The van der Waals surface area contributed by atoms with Crippen LogP contribution in [0.5, 0.6) is 0 Å². The number of aromatic amines is 1. The van der Waals surface area contributed by atoms with Crippen LogP contribution in [-0.2, 0) is 4.79 Å². The Morgan fingerprint density at radius 2 is 2.03 bits per heavy atom. The van der Waals surface area contributed by atoms with Crippen molar-refractivity contribution < 1.29 is 13.6 Å². The van der Waals surface area contributed by atoms with Crippen molar-refractivity contribution in [3.8, 4) is 0 Å². The Morgan fingerprint density at radius 3 is 2.73 bits per heavy atom. The number of fused-ring (bicyclic) bond motifs is 1. The molecular weight excluding hydrogens is 414 g/mol. The number of carbonyl (C=O) groups excluding carboxylic acids is 1. The summed E-state index contributed by atoms with van der Waals surface area (Å²) in [5.74, 6) is -1.08. The number of amides is 1. The Morgan fingerprint density at radius 1 is 1.27 bits per heavy atom. The molecule has 1 aromatic carbocycles. The van der Waals surface area contributed by atoms with Gasteiger partial charge in [0, 0.05) is 0 Å². The van der Waals surface area contributed by atoms with Crippen molar-refractivity contribution in [2.24, 2.45) is 5.92 Å². The van der Waals surface area contributed by atoms with Gasteiger partial charge in [0.05, 0.1) is 17.1 Å². The second kappa shape index (κ2) is 8.47. The van der Waals surface area contributed by atoms with Crippen molar-refractivity contribution in [1.82, 2.24) is 14.5 Å². The molecule has 1 amide bonds. The molecular formula is C20H20F2N4O3S. The molecule has 0 radical (unpaired) electrons. The first-order valence-corrected chi connectivity index (χ1v) is 10.6. The predicted molar refractivity (Wildman–Crippen MR) is 110 cm³/mol. The van der Waals surface area contributed by atoms with Gasteiger partial charge in [-0.3, -0.25) is 9.59 Å². The van der Waals surface area contributed by atoms with Crippen LogP contribution in [0, 0.1) is 16.9 Å². The van der Waals surface area contributed by atoms with Crippen molar-refractivity contribution in [1.29, 1.82) is 0 Å². The lowest BCUT2D eigenvalue weighted by Gasteiger charge is -2.26. The molecule has 2 heterocycles. The summed E-state index contributed by atoms with van der Waals surface area (Å²) in [5.41, 5.74) is -1.30. The Kier molecular flexibility index (Phi) is 5.76. The number of hydrogen-bond acceptors (Lipinski definition) is 5. The molecule has 158 valence electrons. The van der Waals surface area contributed by atoms with Crippen LogP contribution >= 0.6 is 11.3 Å². The van der Waals surface area contributed by atoms with E-state index < -0.39 is 34.1 Å². The fourth-order valence-electron chi connectivity index (χ4n) is 4.05. The summed E-state index contributed by atoms with van der Waals surface area (Å²) in [5, 5.41) is 1.97. The Labute approximate surface area is 173 Å². The molecule has 2 aromatic heterocycles. The van der Waals surface area contributed by atoms with Crippen LogP contribution in [0.3, 0.4) is 0 Å². The molecule has 1 aliphatic rings. The molecule has 1 unspecified atom stereocenters. The molecule has 2 N–H and O–H groups in total. The van der Waals surface area contributed by atoms with E-state index in [-0.39, 0.29) is 28.4 Å². The van der Waals surface area contributed by atoms with E-state index in [1.165, 1.54) is 6.07 Å². The lowest BCUT2D eigenvalue weighted by molar-refractivity contribution is -0.120. The van der Waals surface area contributed by atoms with Gasteiger partial charge >= 0.3 is 5.69 Å². The molecule has 0 aliphatic heterocycles. The first-order chi connectivity index (χ1) is 14.4. The van der Waals surface area contributed by atoms with Gasteiger partial charge in [0.1, 0.15) is 11.9 Å². The summed E-state index contributed by atoms with van der Waals surface area (Å²) in [4.78, 5) is 45.2. The maximum atomic E-state index is 13.7. The standard InChI is InChI=1S/C20H20F2N4O3S/c21-12-6-7-14-13(9-12)18(28)26(20(29)24-14)15(8-11-4-2-1-3-5-11)17(27)25-19-23-10-16(22)30-19/h6-7,9-11,15H,1-5,8H2,(H,24,29)(H,23,25,27). The van der Waals surface area contributed by atoms with Crippen LogP contribution in [0.15, 0.2) is 34.0 Å². The van der Waals surface area contributed by atoms with Gasteiger partial charge in [0.2, 0.25) is 5.91 Å². The van der Waals surface area contributed by atoms with Crippen LogP contribution < -0.4 is 16.6 Å². The van der Waals surface area contributed by atoms with E-state index >= 15 is 0 Å². The third kappa shape index (κ3) is 4.18. The average Bonchev–Trinajstić information content (AvgIpc) is 3.13. The van der Waals surface area contributed by atoms with E-state index in [1.807, 2.05) is 0 Å². The first-order valence-electron chi connectivity index (χ1n) is 9.78. The highest BCUT2D eigenvalue weighted by molar-refractivity contribution is 7.14. The topological polar surface area (TPSA) is 96.8 Å². The number of H-pyrrole nitrogens is 1. The fourth-order valence-corrected chi connectivity index (χ4v) is 4.60. The maximum Gasteiger partial charge on any atom is 0.329 e. The molecule has 1 atom stereocenters. The molecule has 10 heteroatoms. The lowest BCUT2D eigenvalue weighted by atomic mass is 9.84. The number of halogens is 2. The maximum absolute atomic E-state index is 13.7. The molecule has 1 aliphatic carbocycles. The average molecular weight is 434 g/mol. The summed E-state index contributed by atoms with van der Waals surface area (Å²) in [6.45, 7) is 0. The largest absolute Gasteiger partial charge is 0.329 e. The zero-order valence-corrected chi connectivity index (χ0v) is 16.8. The van der Waals surface area contributed by atoms with Crippen LogP contribution in [0.1, 0.15) is 44.6 Å². The SMILES string of the molecule is O=C(Nc1ncc(F)s1)C(CC1CCCCC1)n1c(=O)[nH]c2ccc(F)cc2c1=O. The smallest absolute Gasteiger partial charge is 0.307 e. The van der Waals surface area contributed by atoms with Crippen LogP contribution in [-0.4, -0.2) is 20.4 Å². The summed E-state index contributed by atoms with van der Waals surface area (Å²) in [6, 6.07) is 2.37. The van der Waals surface area contributed by atoms with Gasteiger partial charge in [0.25, 0.3) is 5.56 Å². The van der Waals surface area contributed by atoms with Gasteiger partial charge in [-0.15, -0.1) is 0 Å². The number of hydrogen-bond donors (Lipinski definition) is 2. The number of benzene rings is 1. The highest BCUT2D eigenvalue weighted by Crippen LogP contribution is 2.31. The molecule has 30 heavy (non-hydrogen) atoms. The van der Waals surface area contributed by atoms with E-state index in [2.05, 4.69) is 15.3 Å². The van der Waals surface area contributed by atoms with E-state index in [1.54, 1.807) is 0 Å². The number of rotatable bonds is 5. The third-order valence-corrected chi connectivity index (χ3v) is 6.20. The molecule has 0 spiro atoms. The number of aromatic nitrogens is 3. The second-order valence-corrected chi connectivity index (χ2v) is 8.49. The van der Waals surface area contributed by atoms with Crippen LogP contribution in [0.4, 0.5) is 13.9 Å². The van der Waals surface area contributed by atoms with E-state index in [0.717, 1.165) is 55.0 Å². The lowest BCUT2D eigenvalue weighted by Crippen LogP contribution is -2.43. The minimum absolute atomic E-state index is 0.0173. The van der Waals surface area contributed by atoms with E-state index in [0.29, 0.717) is 11.3 Å². The normalized spacial score (nSPS) is 15.9. The number of carbonyl (C=O) groups is 1. The predicted octanol–water partition coefficient (Wildman–Crippen LogP) is 3.57. The number of nitrogens with zero attached hydrogens (tertiary/aromatic N) is 2. The highest BCUT2D eigenvalue weighted by atomic mass is 32.1. The molecule has 1 fully saturated rings. The zero-order chi connectivity index (χ0) is 21.3. The van der Waals surface area contributed by atoms with Gasteiger partial charge in [-0.1, -0.05) is 43.4 Å². The third-order valence-electron chi connectivity index (χ3n) is 5.49. The summed E-state index contributed by atoms with van der Waals surface area (Å²) >= 11 is 0.655. The molecule has 1 saturated carbocycles. The van der Waals surface area contributed by atoms with Crippen LogP contribution in [0.2, 0.25) is 0 Å². The Hall–Kier alpha value is -2.88. The van der Waals surface area contributed by atoms with Gasteiger partial charge < -0.3 is 10.3 Å². The first kappa shape index (κ1) is 20.4. The van der Waals surface area contributed by atoms with Gasteiger partial charge in [0.15, 0.2) is 10.3 Å². The van der Waals surface area contributed by atoms with Gasteiger partial charge in [-0.05, 0) is 30.5 Å². The minimum Gasteiger partial charge on any atom is -0.307 e. The van der Waals surface area contributed by atoms with Gasteiger partial charge in [-0.2, -0.15) is 4.39 Å². The number of anilines is 1. The number of thiazole rings is 1. The summed E-state index contributed by atoms with van der Waals surface area (Å²) in [6.07, 6.45) is 6.20. The second-order valence-electron chi connectivity index (χ2n) is 7.51. The fraction of sp³-hybridized carbons (Fsp3) is 0.400. The van der Waals surface area contributed by atoms with Crippen molar-refractivity contribution in [2.75, 3.05) is 5.32 Å². The molecule has 0 bridgehead atoms. The van der Waals surface area contributed by atoms with Crippen molar-refractivity contribution >= 4 is 33.3 Å². The van der Waals surface area contributed by atoms with Crippen molar-refractivity contribution in [2.45, 2.75) is 44.6 Å². The Bertz CT molecular complexity index is 1200. The van der Waals surface area contributed by atoms with Crippen LogP contribution in [0.25, 0.3) is 10.9 Å². The minimum atomic E-state index is -1.12. The van der Waals surface area contributed by atoms with E-state index in [9.17, 15) is 23.2 Å². The molecule has 4 rings (SSSR count). The zero-order valence-electron chi connectivity index (χ0n) is 16.0. The monoisotopic (exact) mass is 434 g/mol. The van der Waals surface area contributed by atoms with Crippen molar-refractivity contribution in [3.63, 3.8) is 0 Å². The number of nitrogens with one attached hydrogen (secondary N) is 2. The molecule has 3 aromatic rings. The van der Waals surface area contributed by atoms with Gasteiger partial charge in [-0.25, -0.2) is 18.7 Å². The van der Waals surface area contributed by atoms with E-state index in [4.69, 9.17) is 0 Å².